The maximum Gasteiger partial charge on any atom is 0.124 e. The van der Waals surface area contributed by atoms with Crippen LogP contribution in [0.5, 0.6) is 0 Å². The van der Waals surface area contributed by atoms with Gasteiger partial charge in [0.1, 0.15) is 5.82 Å². The Hall–Kier alpha value is -1.84. The van der Waals surface area contributed by atoms with Gasteiger partial charge in [-0.15, -0.1) is 0 Å². The second kappa shape index (κ2) is 2.34. The summed E-state index contributed by atoms with van der Waals surface area (Å²) in [6, 6.07) is 5.28. The normalized spacial score (nSPS) is 10.3. The van der Waals surface area contributed by atoms with Crippen LogP contribution in [-0.2, 0) is 0 Å². The zero-order chi connectivity index (χ0) is 8.55. The van der Waals surface area contributed by atoms with Crippen molar-refractivity contribution in [3.05, 3.63) is 24.4 Å². The molecule has 0 aliphatic rings. The van der Waals surface area contributed by atoms with Crippen molar-refractivity contribution in [3.8, 4) is 0 Å². The monoisotopic (exact) mass is 160 g/mol. The molecule has 0 spiro atoms. The van der Waals surface area contributed by atoms with Crippen molar-refractivity contribution in [3.63, 3.8) is 0 Å². The first-order valence-corrected chi connectivity index (χ1v) is 3.53. The minimum atomic E-state index is 0.481. The van der Waals surface area contributed by atoms with Crippen molar-refractivity contribution in [2.24, 2.45) is 0 Å². The first-order valence-electron chi connectivity index (χ1n) is 3.53. The van der Waals surface area contributed by atoms with Crippen LogP contribution in [0.4, 0.5) is 11.5 Å². The maximum absolute atomic E-state index is 5.53. The van der Waals surface area contributed by atoms with E-state index in [1.807, 2.05) is 6.07 Å². The number of hydrogen-bond donors (Lipinski definition) is 2. The second-order valence-corrected chi connectivity index (χ2v) is 2.54. The van der Waals surface area contributed by atoms with E-state index in [1.54, 1.807) is 18.3 Å². The van der Waals surface area contributed by atoms with Crippen LogP contribution in [-0.4, -0.2) is 9.97 Å². The van der Waals surface area contributed by atoms with Gasteiger partial charge in [0, 0.05) is 0 Å². The summed E-state index contributed by atoms with van der Waals surface area (Å²) in [5, 5.41) is 0. The van der Waals surface area contributed by atoms with Crippen molar-refractivity contribution in [1.82, 2.24) is 9.97 Å². The molecule has 12 heavy (non-hydrogen) atoms. The van der Waals surface area contributed by atoms with Crippen LogP contribution in [0.3, 0.4) is 0 Å². The van der Waals surface area contributed by atoms with Crippen molar-refractivity contribution in [2.75, 3.05) is 11.5 Å². The molecule has 0 saturated heterocycles. The fourth-order valence-electron chi connectivity index (χ4n) is 1.04. The number of hydrogen-bond acceptors (Lipinski definition) is 4. The molecule has 60 valence electrons. The van der Waals surface area contributed by atoms with Crippen molar-refractivity contribution >= 4 is 22.5 Å². The van der Waals surface area contributed by atoms with Crippen LogP contribution in [0.1, 0.15) is 0 Å². The molecular weight excluding hydrogens is 152 g/mol. The zero-order valence-electron chi connectivity index (χ0n) is 6.36. The van der Waals surface area contributed by atoms with Gasteiger partial charge in [0.05, 0.1) is 22.9 Å². The van der Waals surface area contributed by atoms with Gasteiger partial charge < -0.3 is 11.5 Å². The molecule has 0 atom stereocenters. The van der Waals surface area contributed by atoms with E-state index in [2.05, 4.69) is 9.97 Å². The van der Waals surface area contributed by atoms with Gasteiger partial charge >= 0.3 is 0 Å². The van der Waals surface area contributed by atoms with Gasteiger partial charge in [-0.3, -0.25) is 4.98 Å². The van der Waals surface area contributed by atoms with E-state index >= 15 is 0 Å². The molecule has 0 aliphatic carbocycles. The molecule has 0 aliphatic heterocycles. The highest BCUT2D eigenvalue weighted by Crippen LogP contribution is 2.13. The van der Waals surface area contributed by atoms with Crippen LogP contribution < -0.4 is 11.5 Å². The molecule has 0 fully saturated rings. The van der Waals surface area contributed by atoms with E-state index in [4.69, 9.17) is 11.5 Å². The van der Waals surface area contributed by atoms with E-state index in [0.717, 1.165) is 11.0 Å². The smallest absolute Gasteiger partial charge is 0.124 e. The summed E-state index contributed by atoms with van der Waals surface area (Å²) in [7, 11) is 0. The molecule has 0 aromatic carbocycles. The van der Waals surface area contributed by atoms with Gasteiger partial charge in [-0.25, -0.2) is 4.98 Å². The summed E-state index contributed by atoms with van der Waals surface area (Å²) in [6.45, 7) is 0. The zero-order valence-corrected chi connectivity index (χ0v) is 6.36. The molecule has 0 amide bonds. The van der Waals surface area contributed by atoms with Gasteiger partial charge in [-0.1, -0.05) is 0 Å². The number of aromatic nitrogens is 2. The fourth-order valence-corrected chi connectivity index (χ4v) is 1.04. The number of nitrogens with zero attached hydrogens (tertiary/aromatic N) is 2. The molecule has 2 rings (SSSR count). The molecule has 2 heterocycles. The van der Waals surface area contributed by atoms with Crippen LogP contribution >= 0.6 is 0 Å². The first kappa shape index (κ1) is 6.84. The van der Waals surface area contributed by atoms with Gasteiger partial charge in [0.2, 0.25) is 0 Å². The molecule has 0 radical (unpaired) electrons. The number of fused-ring (bicyclic) bond motifs is 1. The number of pyridine rings is 2. The molecule has 0 saturated carbocycles. The number of nitrogen functional groups attached to an aromatic ring is 2. The predicted octanol–water partition coefficient (Wildman–Crippen LogP) is 0.794. The molecule has 0 unspecified atom stereocenters. The van der Waals surface area contributed by atoms with Gasteiger partial charge in [-0.05, 0) is 18.2 Å². The minimum Gasteiger partial charge on any atom is -0.397 e. The SMILES string of the molecule is Nc1cnc2ccc(N)nc2c1. The molecule has 2 aromatic heterocycles. The highest BCUT2D eigenvalue weighted by atomic mass is 14.9. The van der Waals surface area contributed by atoms with Crippen molar-refractivity contribution in [1.29, 1.82) is 0 Å². The standard InChI is InChI=1S/C8H8N4/c9-5-3-7-6(11-4-5)1-2-8(10)12-7/h1-4H,9H2,(H2,10,12). The van der Waals surface area contributed by atoms with E-state index in [0.29, 0.717) is 11.5 Å². The molecule has 4 nitrogen and oxygen atoms in total. The second-order valence-electron chi connectivity index (χ2n) is 2.54. The molecule has 4 heteroatoms. The van der Waals surface area contributed by atoms with Crippen LogP contribution in [0.2, 0.25) is 0 Å². The summed E-state index contributed by atoms with van der Waals surface area (Å²) < 4.78 is 0. The van der Waals surface area contributed by atoms with Crippen LogP contribution in [0.25, 0.3) is 11.0 Å². The van der Waals surface area contributed by atoms with Gasteiger partial charge in [0.25, 0.3) is 0 Å². The first-order chi connectivity index (χ1) is 5.75. The Bertz CT molecular complexity index is 388. The Morgan fingerprint density at radius 2 is 1.92 bits per heavy atom. The lowest BCUT2D eigenvalue weighted by Gasteiger charge is -1.98. The Labute approximate surface area is 69.2 Å². The molecule has 4 N–H and O–H groups in total. The average molecular weight is 160 g/mol. The third kappa shape index (κ3) is 1.03. The number of rotatable bonds is 0. The summed E-state index contributed by atoms with van der Waals surface area (Å²) in [5.41, 5.74) is 13.2. The lowest BCUT2D eigenvalue weighted by Crippen LogP contribution is -1.92. The third-order valence-electron chi connectivity index (χ3n) is 1.58. The summed E-state index contributed by atoms with van der Waals surface area (Å²) in [4.78, 5) is 8.15. The minimum absolute atomic E-state index is 0.481. The Morgan fingerprint density at radius 1 is 1.08 bits per heavy atom. The number of nitrogens with two attached hydrogens (primary N) is 2. The summed E-state index contributed by atoms with van der Waals surface area (Å²) in [5.74, 6) is 0.481. The largest absolute Gasteiger partial charge is 0.397 e. The number of anilines is 2. The van der Waals surface area contributed by atoms with Crippen molar-refractivity contribution in [2.45, 2.75) is 0 Å². The highest BCUT2D eigenvalue weighted by molar-refractivity contribution is 5.78. The summed E-state index contributed by atoms with van der Waals surface area (Å²) in [6.07, 6.45) is 1.60. The Morgan fingerprint density at radius 3 is 2.75 bits per heavy atom. The highest BCUT2D eigenvalue weighted by Gasteiger charge is 1.96. The summed E-state index contributed by atoms with van der Waals surface area (Å²) >= 11 is 0. The van der Waals surface area contributed by atoms with Gasteiger partial charge in [0.15, 0.2) is 0 Å². The van der Waals surface area contributed by atoms with E-state index in [1.165, 1.54) is 0 Å². The van der Waals surface area contributed by atoms with Crippen molar-refractivity contribution < 1.29 is 0 Å². The van der Waals surface area contributed by atoms with E-state index in [9.17, 15) is 0 Å². The quantitative estimate of drug-likeness (QED) is 0.597. The predicted molar refractivity (Wildman–Crippen MR) is 48.4 cm³/mol. The van der Waals surface area contributed by atoms with Gasteiger partial charge in [-0.2, -0.15) is 0 Å². The Balaban J connectivity index is 2.80. The lowest BCUT2D eigenvalue weighted by atomic mass is 10.3. The average Bonchev–Trinajstić information content (AvgIpc) is 2.03. The molecule has 0 bridgehead atoms. The maximum atomic E-state index is 5.53. The van der Waals surface area contributed by atoms with E-state index < -0.39 is 0 Å². The molecule has 2 aromatic rings. The topological polar surface area (TPSA) is 77.8 Å². The fraction of sp³-hybridized carbons (Fsp3) is 0. The third-order valence-corrected chi connectivity index (χ3v) is 1.58. The van der Waals surface area contributed by atoms with Crippen LogP contribution in [0, 0.1) is 0 Å². The van der Waals surface area contributed by atoms with E-state index in [-0.39, 0.29) is 0 Å². The molecular formula is C8H8N4. The Kier molecular flexibility index (Phi) is 1.33. The lowest BCUT2D eigenvalue weighted by molar-refractivity contribution is 1.34. The van der Waals surface area contributed by atoms with Crippen LogP contribution in [0.15, 0.2) is 24.4 Å².